The highest BCUT2D eigenvalue weighted by Gasteiger charge is 2.66. The van der Waals surface area contributed by atoms with Crippen LogP contribution in [0.3, 0.4) is 0 Å². The molecule has 1 N–H and O–H groups in total. The van der Waals surface area contributed by atoms with Crippen molar-refractivity contribution in [3.63, 3.8) is 0 Å². The van der Waals surface area contributed by atoms with Gasteiger partial charge in [0.25, 0.3) is 0 Å². The summed E-state index contributed by atoms with van der Waals surface area (Å²) in [4.78, 5) is 0. The van der Waals surface area contributed by atoms with Gasteiger partial charge in [-0.05, 0) is 88.7 Å². The summed E-state index contributed by atoms with van der Waals surface area (Å²) in [5.41, 5.74) is 1.53. The minimum absolute atomic E-state index is 0.610. The predicted octanol–water partition coefficient (Wildman–Crippen LogP) is 4.84. The van der Waals surface area contributed by atoms with E-state index in [4.69, 9.17) is 0 Å². The molecule has 3 saturated carbocycles. The van der Waals surface area contributed by atoms with E-state index in [0.29, 0.717) is 6.04 Å². The second-order valence-electron chi connectivity index (χ2n) is 6.67. The van der Waals surface area contributed by atoms with Crippen LogP contribution in [0.1, 0.15) is 44.2 Å². The molecule has 1 heterocycles. The maximum absolute atomic E-state index is 3.85. The van der Waals surface area contributed by atoms with E-state index in [1.807, 2.05) is 11.3 Å². The number of rotatable bonds is 5. The first kappa shape index (κ1) is 12.8. The van der Waals surface area contributed by atoms with Crippen molar-refractivity contribution in [1.29, 1.82) is 0 Å². The third-order valence-electron chi connectivity index (χ3n) is 5.77. The van der Waals surface area contributed by atoms with Crippen LogP contribution in [0.25, 0.3) is 0 Å². The van der Waals surface area contributed by atoms with E-state index >= 15 is 0 Å². The number of hydrogen-bond acceptors (Lipinski definition) is 2. The molecule has 5 atom stereocenters. The smallest absolute Gasteiger partial charge is 0.0373 e. The van der Waals surface area contributed by atoms with Crippen molar-refractivity contribution in [2.75, 3.05) is 6.54 Å². The Bertz CT molecular complexity index is 455. The zero-order valence-corrected chi connectivity index (χ0v) is 13.8. The molecule has 3 fully saturated rings. The van der Waals surface area contributed by atoms with Gasteiger partial charge in [0.1, 0.15) is 0 Å². The highest BCUT2D eigenvalue weighted by atomic mass is 79.9. The second-order valence-corrected chi connectivity index (χ2v) is 8.27. The molecule has 3 heteroatoms. The van der Waals surface area contributed by atoms with Crippen LogP contribution in [0, 0.1) is 29.6 Å². The molecule has 0 saturated heterocycles. The first-order valence-electron chi connectivity index (χ1n) is 7.76. The van der Waals surface area contributed by atoms with Gasteiger partial charge in [-0.3, -0.25) is 0 Å². The number of fused-ring (bicyclic) bond motifs is 5. The molecular formula is C16H22BrNS. The van der Waals surface area contributed by atoms with Crippen molar-refractivity contribution in [3.8, 4) is 0 Å². The zero-order chi connectivity index (χ0) is 13.0. The molecule has 2 bridgehead atoms. The lowest BCUT2D eigenvalue weighted by Gasteiger charge is -2.22. The van der Waals surface area contributed by atoms with Crippen LogP contribution in [0.4, 0.5) is 0 Å². The highest BCUT2D eigenvalue weighted by molar-refractivity contribution is 9.10. The minimum Gasteiger partial charge on any atom is -0.310 e. The van der Waals surface area contributed by atoms with Crippen LogP contribution in [0.5, 0.6) is 0 Å². The average Bonchev–Trinajstić information content (AvgIpc) is 2.78. The van der Waals surface area contributed by atoms with Crippen molar-refractivity contribution >= 4 is 27.3 Å². The normalized spacial score (nSPS) is 40.4. The molecule has 4 rings (SSSR count). The van der Waals surface area contributed by atoms with Crippen molar-refractivity contribution in [2.24, 2.45) is 29.6 Å². The van der Waals surface area contributed by atoms with Gasteiger partial charge < -0.3 is 5.32 Å². The van der Waals surface area contributed by atoms with Crippen LogP contribution in [-0.4, -0.2) is 6.54 Å². The zero-order valence-electron chi connectivity index (χ0n) is 11.4. The molecular weight excluding hydrogens is 318 g/mol. The minimum atomic E-state index is 0.610. The van der Waals surface area contributed by atoms with E-state index in [9.17, 15) is 0 Å². The molecule has 0 aliphatic heterocycles. The summed E-state index contributed by atoms with van der Waals surface area (Å²) >= 11 is 5.58. The maximum Gasteiger partial charge on any atom is 0.0373 e. The SMILES string of the molecule is CCCNC(c1cscc1Br)C1C2C3CCC(C3)C21. The lowest BCUT2D eigenvalue weighted by molar-refractivity contribution is 0.370. The summed E-state index contributed by atoms with van der Waals surface area (Å²) in [6, 6.07) is 0.610. The van der Waals surface area contributed by atoms with E-state index in [-0.39, 0.29) is 0 Å². The van der Waals surface area contributed by atoms with Crippen LogP contribution in [0.15, 0.2) is 15.2 Å². The summed E-state index contributed by atoms with van der Waals surface area (Å²) in [7, 11) is 0. The molecule has 1 aromatic heterocycles. The van der Waals surface area contributed by atoms with E-state index in [0.717, 1.165) is 36.1 Å². The third kappa shape index (κ3) is 1.96. The predicted molar refractivity (Wildman–Crippen MR) is 84.4 cm³/mol. The number of hydrogen-bond donors (Lipinski definition) is 1. The van der Waals surface area contributed by atoms with Crippen molar-refractivity contribution < 1.29 is 0 Å². The van der Waals surface area contributed by atoms with Gasteiger partial charge in [0.15, 0.2) is 0 Å². The lowest BCUT2D eigenvalue weighted by Crippen LogP contribution is -2.26. The molecule has 1 aromatic rings. The van der Waals surface area contributed by atoms with Gasteiger partial charge >= 0.3 is 0 Å². The molecule has 3 aliphatic carbocycles. The second kappa shape index (κ2) is 4.85. The Labute approximate surface area is 128 Å². The summed E-state index contributed by atoms with van der Waals surface area (Å²) in [6.45, 7) is 3.42. The number of thiophene rings is 1. The molecule has 1 nitrogen and oxygen atoms in total. The Morgan fingerprint density at radius 3 is 2.63 bits per heavy atom. The lowest BCUT2D eigenvalue weighted by atomic mass is 9.94. The Balaban J connectivity index is 1.57. The maximum atomic E-state index is 3.85. The molecule has 0 amide bonds. The van der Waals surface area contributed by atoms with Gasteiger partial charge in [-0.1, -0.05) is 6.92 Å². The van der Waals surface area contributed by atoms with Crippen molar-refractivity contribution in [3.05, 3.63) is 20.8 Å². The standard InChI is InChI=1S/C16H22BrNS/c1-2-5-18-16(11-7-19-8-12(11)17)15-13-9-3-4-10(6-9)14(13)15/h7-10,13-16,18H,2-6H2,1H3. The Morgan fingerprint density at radius 2 is 2.05 bits per heavy atom. The fourth-order valence-electron chi connectivity index (χ4n) is 5.10. The fourth-order valence-corrected chi connectivity index (χ4v) is 6.68. The van der Waals surface area contributed by atoms with E-state index in [1.165, 1.54) is 29.3 Å². The average molecular weight is 340 g/mol. The Kier molecular flexibility index (Phi) is 3.28. The van der Waals surface area contributed by atoms with Crippen LogP contribution < -0.4 is 5.32 Å². The molecule has 0 spiro atoms. The number of nitrogens with one attached hydrogen (secondary N) is 1. The van der Waals surface area contributed by atoms with E-state index in [2.05, 4.69) is 38.9 Å². The number of halogens is 1. The first-order valence-corrected chi connectivity index (χ1v) is 9.49. The van der Waals surface area contributed by atoms with Crippen LogP contribution in [-0.2, 0) is 0 Å². The van der Waals surface area contributed by atoms with Crippen LogP contribution in [0.2, 0.25) is 0 Å². The highest BCUT2D eigenvalue weighted by Crippen LogP contribution is 2.72. The van der Waals surface area contributed by atoms with E-state index in [1.54, 1.807) is 6.42 Å². The van der Waals surface area contributed by atoms with Gasteiger partial charge in [-0.25, -0.2) is 0 Å². The third-order valence-corrected chi connectivity index (χ3v) is 7.52. The summed E-state index contributed by atoms with van der Waals surface area (Å²) < 4.78 is 1.32. The molecule has 3 aliphatic rings. The molecule has 5 unspecified atom stereocenters. The molecule has 0 aromatic carbocycles. The van der Waals surface area contributed by atoms with Crippen LogP contribution >= 0.6 is 27.3 Å². The molecule has 19 heavy (non-hydrogen) atoms. The van der Waals surface area contributed by atoms with Gasteiger partial charge in [0, 0.05) is 15.9 Å². The fraction of sp³-hybridized carbons (Fsp3) is 0.750. The van der Waals surface area contributed by atoms with Gasteiger partial charge in [-0.15, -0.1) is 0 Å². The van der Waals surface area contributed by atoms with Gasteiger partial charge in [0.05, 0.1) is 0 Å². The van der Waals surface area contributed by atoms with Crippen molar-refractivity contribution in [2.45, 2.75) is 38.6 Å². The Morgan fingerprint density at radius 1 is 1.32 bits per heavy atom. The Hall–Kier alpha value is 0.140. The first-order chi connectivity index (χ1) is 9.31. The molecule has 104 valence electrons. The summed E-state index contributed by atoms with van der Waals surface area (Å²) in [6.07, 6.45) is 5.82. The van der Waals surface area contributed by atoms with Crippen molar-refractivity contribution in [1.82, 2.24) is 5.32 Å². The largest absolute Gasteiger partial charge is 0.310 e. The van der Waals surface area contributed by atoms with Gasteiger partial charge in [0.2, 0.25) is 0 Å². The quantitative estimate of drug-likeness (QED) is 0.808. The topological polar surface area (TPSA) is 12.0 Å². The monoisotopic (exact) mass is 339 g/mol. The van der Waals surface area contributed by atoms with Gasteiger partial charge in [-0.2, -0.15) is 11.3 Å². The van der Waals surface area contributed by atoms with E-state index < -0.39 is 0 Å². The molecule has 0 radical (unpaired) electrons. The summed E-state index contributed by atoms with van der Waals surface area (Å²) in [5.74, 6) is 5.19. The summed E-state index contributed by atoms with van der Waals surface area (Å²) in [5, 5.41) is 8.44.